The highest BCUT2D eigenvalue weighted by Crippen LogP contribution is 2.26. The molecule has 0 spiro atoms. The zero-order valence-electron chi connectivity index (χ0n) is 19.4. The summed E-state index contributed by atoms with van der Waals surface area (Å²) in [5, 5.41) is 6.42. The van der Waals surface area contributed by atoms with Gasteiger partial charge in [-0.25, -0.2) is 4.90 Å². The lowest BCUT2D eigenvalue weighted by Gasteiger charge is -2.38. The largest absolute Gasteiger partial charge is 0.381 e. The van der Waals surface area contributed by atoms with E-state index in [2.05, 4.69) is 21.0 Å². The molecule has 0 bridgehead atoms. The van der Waals surface area contributed by atoms with Crippen LogP contribution in [0.2, 0.25) is 0 Å². The second kappa shape index (κ2) is 10.7. The van der Waals surface area contributed by atoms with Crippen LogP contribution in [0, 0.1) is 11.8 Å². The molecule has 4 heterocycles. The summed E-state index contributed by atoms with van der Waals surface area (Å²) < 4.78 is 11.1. The van der Waals surface area contributed by atoms with Crippen molar-refractivity contribution in [1.82, 2.24) is 15.7 Å². The van der Waals surface area contributed by atoms with Crippen molar-refractivity contribution in [1.29, 1.82) is 0 Å². The molecule has 0 aromatic rings. The Labute approximate surface area is 187 Å². The number of rotatable bonds is 6. The number of nitrogens with zero attached hydrogens (tertiary/aromatic N) is 1. The summed E-state index contributed by atoms with van der Waals surface area (Å²) in [6, 6.07) is 0.586. The van der Waals surface area contributed by atoms with Crippen molar-refractivity contribution in [2.75, 3.05) is 53.0 Å². The maximum absolute atomic E-state index is 6.19. The summed E-state index contributed by atoms with van der Waals surface area (Å²) in [6.45, 7) is 7.74. The molecule has 4 aliphatic heterocycles. The van der Waals surface area contributed by atoms with Gasteiger partial charge in [0.1, 0.15) is 12.2 Å². The van der Waals surface area contributed by atoms with Gasteiger partial charge in [-0.2, -0.15) is 5.48 Å². The van der Waals surface area contributed by atoms with Gasteiger partial charge in [0, 0.05) is 57.7 Å². The molecule has 0 aromatic carbocycles. The smallest absolute Gasteiger partial charge is 0.183 e. The molecule has 8 heteroatoms. The lowest BCUT2D eigenvalue weighted by molar-refractivity contribution is -0.919. The van der Waals surface area contributed by atoms with E-state index in [1.54, 1.807) is 4.90 Å². The van der Waals surface area contributed by atoms with Gasteiger partial charge in [0.25, 0.3) is 0 Å². The molecule has 0 amide bonds. The number of hydrogen-bond acceptors (Lipinski definition) is 6. The quantitative estimate of drug-likeness (QED) is 0.410. The third-order valence-electron chi connectivity index (χ3n) is 8.75. The molecular formula is C23H45N5O3+2. The molecule has 6 atom stereocenters. The van der Waals surface area contributed by atoms with Crippen LogP contribution >= 0.6 is 0 Å². The van der Waals surface area contributed by atoms with E-state index in [4.69, 9.17) is 14.3 Å². The van der Waals surface area contributed by atoms with Crippen LogP contribution in [0.3, 0.4) is 0 Å². The molecule has 5 aliphatic rings. The van der Waals surface area contributed by atoms with Crippen LogP contribution in [-0.2, 0) is 14.3 Å². The van der Waals surface area contributed by atoms with Crippen molar-refractivity contribution in [3.63, 3.8) is 0 Å². The highest BCUT2D eigenvalue weighted by Gasteiger charge is 2.45. The molecule has 1 aliphatic carbocycles. The fraction of sp³-hybridized carbons (Fsp3) is 1.00. The second-order valence-corrected chi connectivity index (χ2v) is 10.6. The first-order valence-electron chi connectivity index (χ1n) is 13.0. The number of hydrogen-bond donors (Lipinski definition) is 4. The highest BCUT2D eigenvalue weighted by molar-refractivity contribution is 4.85. The van der Waals surface area contributed by atoms with Gasteiger partial charge >= 0.3 is 0 Å². The number of methoxy groups -OCH3 is 1. The predicted octanol–water partition coefficient (Wildman–Crippen LogP) is -1.35. The van der Waals surface area contributed by atoms with Crippen LogP contribution < -0.4 is 21.0 Å². The molecule has 5 N–H and O–H groups in total. The van der Waals surface area contributed by atoms with E-state index in [-0.39, 0.29) is 6.23 Å². The molecule has 8 nitrogen and oxygen atoms in total. The van der Waals surface area contributed by atoms with E-state index in [0.29, 0.717) is 30.4 Å². The van der Waals surface area contributed by atoms with Crippen molar-refractivity contribution in [2.45, 2.75) is 82.1 Å². The molecule has 1 saturated carbocycles. The first-order valence-corrected chi connectivity index (χ1v) is 13.0. The van der Waals surface area contributed by atoms with E-state index in [1.165, 1.54) is 71.0 Å². The average Bonchev–Trinajstić information content (AvgIpc) is 3.50. The molecule has 6 unspecified atom stereocenters. The SMILES string of the molecule is COC1CCC(C[NH+]2CCCC2C2NC(C3CC[NH2+]C(N4CCOCC4)C3)NO2)CC1. The van der Waals surface area contributed by atoms with Gasteiger partial charge in [-0.1, -0.05) is 0 Å². The number of morpholine rings is 1. The first-order chi connectivity index (χ1) is 15.3. The molecular weight excluding hydrogens is 394 g/mol. The maximum Gasteiger partial charge on any atom is 0.183 e. The highest BCUT2D eigenvalue weighted by atomic mass is 16.7. The molecule has 178 valence electrons. The van der Waals surface area contributed by atoms with Crippen LogP contribution in [0.15, 0.2) is 0 Å². The second-order valence-electron chi connectivity index (χ2n) is 10.6. The van der Waals surface area contributed by atoms with Crippen LogP contribution in [0.1, 0.15) is 51.4 Å². The zero-order chi connectivity index (χ0) is 21.0. The lowest BCUT2D eigenvalue weighted by atomic mass is 9.87. The number of nitrogens with two attached hydrogens (primary N) is 1. The van der Waals surface area contributed by atoms with Crippen molar-refractivity contribution >= 4 is 0 Å². The minimum atomic E-state index is 0.158. The van der Waals surface area contributed by atoms with Crippen molar-refractivity contribution < 1.29 is 24.5 Å². The average molecular weight is 440 g/mol. The van der Waals surface area contributed by atoms with Crippen molar-refractivity contribution in [3.05, 3.63) is 0 Å². The third kappa shape index (κ3) is 5.44. The number of nitrogens with one attached hydrogen (secondary N) is 3. The first kappa shape index (κ1) is 22.5. The predicted molar refractivity (Wildman–Crippen MR) is 117 cm³/mol. The van der Waals surface area contributed by atoms with Crippen molar-refractivity contribution in [2.24, 2.45) is 11.8 Å². The summed E-state index contributed by atoms with van der Waals surface area (Å²) in [6.07, 6.45) is 11.8. The fourth-order valence-corrected chi connectivity index (χ4v) is 6.86. The van der Waals surface area contributed by atoms with Gasteiger partial charge in [0.15, 0.2) is 6.23 Å². The summed E-state index contributed by atoms with van der Waals surface area (Å²) >= 11 is 0. The fourth-order valence-electron chi connectivity index (χ4n) is 6.86. The number of hydroxylamine groups is 1. The Morgan fingerprint density at radius 2 is 1.94 bits per heavy atom. The Hall–Kier alpha value is -0.320. The monoisotopic (exact) mass is 439 g/mol. The van der Waals surface area contributed by atoms with Gasteiger partial charge in [-0.05, 0) is 25.7 Å². The summed E-state index contributed by atoms with van der Waals surface area (Å²) in [4.78, 5) is 10.6. The number of quaternary nitrogens is 2. The lowest BCUT2D eigenvalue weighted by Crippen LogP contribution is -3.15. The standard InChI is InChI=1S/C23H43N5O3/c1-29-19-6-4-17(5-7-19)16-28-10-2-3-20(28)23-25-22(26-31-23)18-8-9-24-21(15-18)27-11-13-30-14-12-27/h17-26H,2-16H2,1H3/p+2. The minimum Gasteiger partial charge on any atom is -0.381 e. The van der Waals surface area contributed by atoms with Crippen molar-refractivity contribution in [3.8, 4) is 0 Å². The van der Waals surface area contributed by atoms with Crippen LogP contribution in [0.25, 0.3) is 0 Å². The molecule has 0 aromatic heterocycles. The Morgan fingerprint density at radius 3 is 2.74 bits per heavy atom. The van der Waals surface area contributed by atoms with Gasteiger partial charge in [-0.15, -0.1) is 0 Å². The van der Waals surface area contributed by atoms with Gasteiger partial charge in [0.2, 0.25) is 0 Å². The number of piperidine rings is 1. The van der Waals surface area contributed by atoms with E-state index in [1.807, 2.05) is 7.11 Å². The Kier molecular flexibility index (Phi) is 7.78. The van der Waals surface area contributed by atoms with Gasteiger partial charge in [-0.3, -0.25) is 10.2 Å². The normalized spacial score (nSPS) is 45.2. The molecule has 4 saturated heterocycles. The Morgan fingerprint density at radius 1 is 1.10 bits per heavy atom. The summed E-state index contributed by atoms with van der Waals surface area (Å²) in [5.41, 5.74) is 3.42. The third-order valence-corrected chi connectivity index (χ3v) is 8.75. The Bertz CT molecular complexity index is 555. The molecule has 5 rings (SSSR count). The summed E-state index contributed by atoms with van der Waals surface area (Å²) in [5.74, 6) is 1.49. The zero-order valence-corrected chi connectivity index (χ0v) is 19.4. The number of ether oxygens (including phenoxy) is 2. The van der Waals surface area contributed by atoms with Gasteiger partial charge in [0.05, 0.1) is 45.1 Å². The maximum atomic E-state index is 6.19. The van der Waals surface area contributed by atoms with Crippen LogP contribution in [0.4, 0.5) is 0 Å². The minimum absolute atomic E-state index is 0.158. The Balaban J connectivity index is 1.11. The number of likely N-dealkylation sites (tertiary alicyclic amines) is 1. The van der Waals surface area contributed by atoms with E-state index >= 15 is 0 Å². The van der Waals surface area contributed by atoms with E-state index in [9.17, 15) is 0 Å². The van der Waals surface area contributed by atoms with Crippen LogP contribution in [0.5, 0.6) is 0 Å². The van der Waals surface area contributed by atoms with Crippen LogP contribution in [-0.4, -0.2) is 88.7 Å². The van der Waals surface area contributed by atoms with Gasteiger partial charge < -0.3 is 19.7 Å². The van der Waals surface area contributed by atoms with E-state index < -0.39 is 0 Å². The molecule has 31 heavy (non-hydrogen) atoms. The topological polar surface area (TPSA) is 76.0 Å². The summed E-state index contributed by atoms with van der Waals surface area (Å²) in [7, 11) is 1.87. The molecule has 5 fully saturated rings. The van der Waals surface area contributed by atoms with E-state index in [0.717, 1.165) is 32.2 Å². The molecule has 0 radical (unpaired) electrons.